The largest absolute Gasteiger partial charge is 0.335 e. The van der Waals surface area contributed by atoms with Crippen LogP contribution < -0.4 is 0 Å². The van der Waals surface area contributed by atoms with Crippen molar-refractivity contribution < 1.29 is 9.18 Å². The molecule has 1 saturated heterocycles. The number of hydrogen-bond donors (Lipinski definition) is 0. The molecule has 2 aliphatic rings. The Hall–Kier alpha value is -3.13. The second kappa shape index (κ2) is 11.1. The van der Waals surface area contributed by atoms with E-state index in [0.29, 0.717) is 28.2 Å². The zero-order valence-electron chi connectivity index (χ0n) is 20.2. The Balaban J connectivity index is 1.92. The van der Waals surface area contributed by atoms with E-state index in [4.69, 9.17) is 0 Å². The molecule has 0 spiro atoms. The minimum atomic E-state index is -0.372. The van der Waals surface area contributed by atoms with Crippen LogP contribution >= 0.6 is 0 Å². The molecule has 0 radical (unpaired) electrons. The first-order valence-electron chi connectivity index (χ1n) is 11.9. The Morgan fingerprint density at radius 1 is 1.30 bits per heavy atom. The van der Waals surface area contributed by atoms with E-state index in [1.54, 1.807) is 18.2 Å². The minimum Gasteiger partial charge on any atom is -0.335 e. The van der Waals surface area contributed by atoms with Gasteiger partial charge in [-0.25, -0.2) is 9.38 Å². The maximum absolute atomic E-state index is 14.8. The van der Waals surface area contributed by atoms with Crippen molar-refractivity contribution in [3.63, 3.8) is 0 Å². The van der Waals surface area contributed by atoms with E-state index < -0.39 is 0 Å². The van der Waals surface area contributed by atoms with Gasteiger partial charge >= 0.3 is 0 Å². The van der Waals surface area contributed by atoms with Crippen LogP contribution in [0.4, 0.5) is 4.39 Å². The number of carbonyl (C=O) groups is 1. The third-order valence-electron chi connectivity index (χ3n) is 6.24. The van der Waals surface area contributed by atoms with Gasteiger partial charge in [0.2, 0.25) is 0 Å². The Kier molecular flexibility index (Phi) is 8.27. The molecule has 0 N–H and O–H groups in total. The number of benzene rings is 1. The Morgan fingerprint density at radius 2 is 2.09 bits per heavy atom. The molecule has 3 rings (SSSR count). The van der Waals surface area contributed by atoms with Gasteiger partial charge in [0.1, 0.15) is 17.3 Å². The number of hydrogen-bond acceptors (Lipinski definition) is 3. The van der Waals surface area contributed by atoms with Crippen LogP contribution in [-0.4, -0.2) is 41.1 Å². The van der Waals surface area contributed by atoms with Gasteiger partial charge in [-0.05, 0) is 56.0 Å². The predicted octanol–water partition coefficient (Wildman–Crippen LogP) is 5.91. The molecule has 0 aliphatic carbocycles. The predicted molar refractivity (Wildman–Crippen MR) is 134 cm³/mol. The van der Waals surface area contributed by atoms with Crippen molar-refractivity contribution in [3.05, 3.63) is 65.4 Å². The lowest BCUT2D eigenvalue weighted by Gasteiger charge is -2.31. The van der Waals surface area contributed by atoms with Crippen LogP contribution in [0.1, 0.15) is 70.4 Å². The third-order valence-corrected chi connectivity index (χ3v) is 6.24. The zero-order chi connectivity index (χ0) is 24.0. The highest BCUT2D eigenvalue weighted by molar-refractivity contribution is 6.43. The summed E-state index contributed by atoms with van der Waals surface area (Å²) in [5.41, 5.74) is 2.96. The lowest BCUT2D eigenvalue weighted by Crippen LogP contribution is -2.43. The van der Waals surface area contributed by atoms with E-state index in [0.717, 1.165) is 50.8 Å². The van der Waals surface area contributed by atoms with Crippen LogP contribution in [0.2, 0.25) is 0 Å². The Bertz CT molecular complexity index is 1070. The molecule has 2 heterocycles. The molecule has 1 aromatic carbocycles. The maximum Gasteiger partial charge on any atom is 0.272 e. The first kappa shape index (κ1) is 24.5. The van der Waals surface area contributed by atoms with Crippen LogP contribution in [0.25, 0.3) is 5.57 Å². The molecule has 0 saturated carbocycles. The fourth-order valence-electron chi connectivity index (χ4n) is 4.21. The second-order valence-corrected chi connectivity index (χ2v) is 8.62. The zero-order valence-corrected chi connectivity index (χ0v) is 20.2. The van der Waals surface area contributed by atoms with E-state index in [1.807, 2.05) is 36.8 Å². The van der Waals surface area contributed by atoms with E-state index in [-0.39, 0.29) is 17.8 Å². The lowest BCUT2D eigenvalue weighted by molar-refractivity contribution is -0.125. The third kappa shape index (κ3) is 5.82. The number of nitrogens with zero attached hydrogens (tertiary/aromatic N) is 3. The number of likely N-dealkylation sites (tertiary alicyclic amines) is 1. The molecule has 0 bridgehead atoms. The molecule has 2 aliphatic heterocycles. The van der Waals surface area contributed by atoms with Crippen molar-refractivity contribution in [1.29, 1.82) is 0 Å². The molecule has 4 nitrogen and oxygen atoms in total. The van der Waals surface area contributed by atoms with Gasteiger partial charge in [-0.15, -0.1) is 0 Å². The normalized spacial score (nSPS) is 19.9. The summed E-state index contributed by atoms with van der Waals surface area (Å²) in [6.45, 7) is 11.0. The van der Waals surface area contributed by atoms with Gasteiger partial charge in [0.15, 0.2) is 0 Å². The molecular weight excluding hydrogens is 413 g/mol. The van der Waals surface area contributed by atoms with Crippen LogP contribution in [0, 0.1) is 17.7 Å². The lowest BCUT2D eigenvalue weighted by atomic mass is 10.0. The van der Waals surface area contributed by atoms with Crippen LogP contribution in [-0.2, 0) is 4.79 Å². The molecule has 1 atom stereocenters. The SMILES string of the molecule is C=C(/C=C1/N=C(C(=O)N2CCCCCC2C)C=C(CC)N1C)c1ccc(C#CCC)cc1F. The number of amides is 1. The number of aliphatic imine (C=N–C) groups is 1. The Morgan fingerprint density at radius 3 is 2.79 bits per heavy atom. The van der Waals surface area contributed by atoms with Crippen LogP contribution in [0.3, 0.4) is 0 Å². The van der Waals surface area contributed by atoms with Gasteiger partial charge in [-0.3, -0.25) is 4.79 Å². The average molecular weight is 448 g/mol. The molecule has 0 aromatic heterocycles. The summed E-state index contributed by atoms with van der Waals surface area (Å²) in [6, 6.07) is 5.13. The molecule has 1 amide bonds. The second-order valence-electron chi connectivity index (χ2n) is 8.62. The van der Waals surface area contributed by atoms with E-state index in [1.165, 1.54) is 6.07 Å². The van der Waals surface area contributed by atoms with Crippen molar-refractivity contribution in [3.8, 4) is 11.8 Å². The highest BCUT2D eigenvalue weighted by Crippen LogP contribution is 2.27. The van der Waals surface area contributed by atoms with Gasteiger partial charge in [0, 0.05) is 42.9 Å². The van der Waals surface area contributed by atoms with Gasteiger partial charge < -0.3 is 9.80 Å². The number of allylic oxidation sites excluding steroid dienone is 3. The summed E-state index contributed by atoms with van der Waals surface area (Å²) in [6.07, 6.45) is 9.43. The van der Waals surface area contributed by atoms with E-state index >= 15 is 0 Å². The Labute approximate surface area is 197 Å². The smallest absolute Gasteiger partial charge is 0.272 e. The van der Waals surface area contributed by atoms with E-state index in [9.17, 15) is 9.18 Å². The summed E-state index contributed by atoms with van der Waals surface area (Å²) in [5, 5.41) is 0. The molecule has 5 heteroatoms. The first-order valence-corrected chi connectivity index (χ1v) is 11.9. The number of carbonyl (C=O) groups excluding carboxylic acids is 1. The van der Waals surface area contributed by atoms with Crippen molar-refractivity contribution in [2.24, 2.45) is 4.99 Å². The van der Waals surface area contributed by atoms with Gasteiger partial charge in [0.05, 0.1) is 0 Å². The first-order chi connectivity index (χ1) is 15.8. The summed E-state index contributed by atoms with van der Waals surface area (Å²) in [5.74, 6) is 6.07. The highest BCUT2D eigenvalue weighted by Gasteiger charge is 2.28. The standard InChI is InChI=1S/C28H34FN3O/c1-6-8-13-22-14-15-24(25(29)18-22)20(3)17-27-30-26(19-23(7-2)31(27)5)28(33)32-16-11-9-10-12-21(32)4/h14-15,17-19,21H,3,6-7,9-12,16H2,1-2,4-5H3/b27-17-. The van der Waals surface area contributed by atoms with E-state index in [2.05, 4.69) is 30.3 Å². The summed E-state index contributed by atoms with van der Waals surface area (Å²) >= 11 is 0. The summed E-state index contributed by atoms with van der Waals surface area (Å²) in [4.78, 5) is 21.9. The maximum atomic E-state index is 14.8. The van der Waals surface area contributed by atoms with Crippen LogP contribution in [0.15, 0.2) is 53.4 Å². The van der Waals surface area contributed by atoms with Gasteiger partial charge in [0.25, 0.3) is 5.91 Å². The number of rotatable bonds is 4. The van der Waals surface area contributed by atoms with Crippen LogP contribution in [0.5, 0.6) is 0 Å². The van der Waals surface area contributed by atoms with Crippen molar-refractivity contribution in [1.82, 2.24) is 9.80 Å². The number of halogens is 1. The molecule has 1 unspecified atom stereocenters. The molecule has 174 valence electrons. The van der Waals surface area contributed by atoms with Gasteiger partial charge in [-0.2, -0.15) is 0 Å². The summed E-state index contributed by atoms with van der Waals surface area (Å²) in [7, 11) is 1.91. The quantitative estimate of drug-likeness (QED) is 0.538. The van der Waals surface area contributed by atoms with Crippen molar-refractivity contribution in [2.75, 3.05) is 13.6 Å². The van der Waals surface area contributed by atoms with Crippen molar-refractivity contribution >= 4 is 17.2 Å². The topological polar surface area (TPSA) is 35.9 Å². The fraction of sp³-hybridized carbons (Fsp3) is 0.429. The highest BCUT2D eigenvalue weighted by atomic mass is 19.1. The molecule has 1 aromatic rings. The average Bonchev–Trinajstić information content (AvgIpc) is 3.02. The molecule has 33 heavy (non-hydrogen) atoms. The van der Waals surface area contributed by atoms with Gasteiger partial charge in [-0.1, -0.05) is 51.2 Å². The molecule has 1 fully saturated rings. The fourth-order valence-corrected chi connectivity index (χ4v) is 4.21. The molecular formula is C28H34FN3O. The monoisotopic (exact) mass is 447 g/mol. The van der Waals surface area contributed by atoms with Crippen molar-refractivity contribution in [2.45, 2.75) is 65.3 Å². The summed E-state index contributed by atoms with van der Waals surface area (Å²) < 4.78 is 14.8. The minimum absolute atomic E-state index is 0.0370.